The van der Waals surface area contributed by atoms with Gasteiger partial charge in [0.05, 0.1) is 37.5 Å². The van der Waals surface area contributed by atoms with Crippen LogP contribution in [0.5, 0.6) is 0 Å². The molecule has 4 N–H and O–H groups in total. The molecule has 0 atom stereocenters. The zero-order valence-corrected chi connectivity index (χ0v) is 21.1. The van der Waals surface area contributed by atoms with Gasteiger partial charge in [0, 0.05) is 5.56 Å². The summed E-state index contributed by atoms with van der Waals surface area (Å²) in [5, 5.41) is 26.4. The van der Waals surface area contributed by atoms with Gasteiger partial charge >= 0.3 is 18.0 Å². The van der Waals surface area contributed by atoms with Gasteiger partial charge in [0.25, 0.3) is 0 Å². The van der Waals surface area contributed by atoms with E-state index in [-0.39, 0.29) is 18.1 Å². The van der Waals surface area contributed by atoms with Crippen molar-refractivity contribution in [3.63, 3.8) is 0 Å². The molecule has 1 aliphatic rings. The largest absolute Gasteiger partial charge is 0.417 e. The molecule has 1 fully saturated rings. The van der Waals surface area contributed by atoms with Crippen LogP contribution >= 0.6 is 0 Å². The molecule has 0 amide bonds. The molecule has 0 bridgehead atoms. The first kappa shape index (κ1) is 29.8. The molecule has 0 radical (unpaired) electrons. The second-order valence-electron chi connectivity index (χ2n) is 9.77. The van der Waals surface area contributed by atoms with E-state index in [2.05, 4.69) is 15.2 Å². The van der Waals surface area contributed by atoms with Gasteiger partial charge in [-0.1, -0.05) is 30.3 Å². The minimum Gasteiger partial charge on any atom is -0.393 e. The average Bonchev–Trinajstić information content (AvgIpc) is 3.33. The number of aliphatic hydroxyl groups is 2. The Balaban J connectivity index is 1.61. The molecule has 2 heterocycles. The van der Waals surface area contributed by atoms with Crippen molar-refractivity contribution in [1.82, 2.24) is 20.1 Å². The molecule has 1 aromatic heterocycles. The van der Waals surface area contributed by atoms with Gasteiger partial charge in [-0.05, 0) is 55.1 Å². The van der Waals surface area contributed by atoms with Crippen LogP contribution in [0.25, 0.3) is 11.1 Å². The standard InChI is InChI=1S/C26H28F6N4O4/c27-25(28,29)19-10-18(11-20(26(30,31)32)22(19)17-4-2-1-3-5-17)24(14-37,15-38)40-13-16-6-8-36(9-7-16)12-21-33-23(39)35-34-21/h1-5,10-11,16,37-38H,6-9,12-15H2,(H2,33,34,35,39). The zero-order valence-electron chi connectivity index (χ0n) is 21.1. The van der Waals surface area contributed by atoms with E-state index in [1.807, 2.05) is 4.90 Å². The second-order valence-corrected chi connectivity index (χ2v) is 9.77. The van der Waals surface area contributed by atoms with Crippen molar-refractivity contribution in [3.05, 3.63) is 75.5 Å². The molecule has 0 aliphatic carbocycles. The predicted molar refractivity (Wildman–Crippen MR) is 131 cm³/mol. The van der Waals surface area contributed by atoms with Crippen LogP contribution in [-0.4, -0.2) is 63.2 Å². The summed E-state index contributed by atoms with van der Waals surface area (Å²) in [6.45, 7) is -0.690. The highest BCUT2D eigenvalue weighted by Crippen LogP contribution is 2.47. The van der Waals surface area contributed by atoms with Gasteiger partial charge in [0.1, 0.15) is 11.4 Å². The number of nitrogens with one attached hydrogen (secondary N) is 2. The minimum absolute atomic E-state index is 0.114. The maximum absolute atomic E-state index is 14.2. The lowest BCUT2D eigenvalue weighted by atomic mass is 9.85. The molecule has 1 aliphatic heterocycles. The highest BCUT2D eigenvalue weighted by Gasteiger charge is 2.45. The SMILES string of the molecule is O=c1[nH]nc(CN2CCC(COC(CO)(CO)c3cc(C(F)(F)F)c(-c4ccccc4)c(C(F)(F)F)c3)CC2)[nH]1. The van der Waals surface area contributed by atoms with Crippen molar-refractivity contribution >= 4 is 0 Å². The monoisotopic (exact) mass is 574 g/mol. The quantitative estimate of drug-likeness (QED) is 0.288. The summed E-state index contributed by atoms with van der Waals surface area (Å²) in [5.74, 6) is 0.318. The third-order valence-electron chi connectivity index (χ3n) is 7.07. The maximum Gasteiger partial charge on any atom is 0.417 e. The summed E-state index contributed by atoms with van der Waals surface area (Å²) in [5.41, 5.74) is -7.69. The van der Waals surface area contributed by atoms with Crippen LogP contribution in [0.3, 0.4) is 0 Å². The number of aromatic nitrogens is 3. The molecule has 14 heteroatoms. The van der Waals surface area contributed by atoms with Gasteiger partial charge < -0.3 is 14.9 Å². The number of hydrogen-bond acceptors (Lipinski definition) is 6. The number of nitrogens with zero attached hydrogens (tertiary/aromatic N) is 2. The van der Waals surface area contributed by atoms with Crippen LogP contribution in [0.15, 0.2) is 47.3 Å². The number of alkyl halides is 6. The van der Waals surface area contributed by atoms with E-state index in [1.165, 1.54) is 18.2 Å². The van der Waals surface area contributed by atoms with Crippen molar-refractivity contribution in [1.29, 1.82) is 0 Å². The van der Waals surface area contributed by atoms with Crippen molar-refractivity contribution in [2.45, 2.75) is 37.3 Å². The molecule has 218 valence electrons. The molecule has 40 heavy (non-hydrogen) atoms. The summed E-state index contributed by atoms with van der Waals surface area (Å²) < 4.78 is 90.9. The number of hydrogen-bond donors (Lipinski definition) is 4. The van der Waals surface area contributed by atoms with Crippen LogP contribution < -0.4 is 5.69 Å². The van der Waals surface area contributed by atoms with Crippen molar-refractivity contribution in [3.8, 4) is 11.1 Å². The number of benzene rings is 2. The third-order valence-corrected chi connectivity index (χ3v) is 7.07. The predicted octanol–water partition coefficient (Wildman–Crippen LogP) is 3.91. The van der Waals surface area contributed by atoms with Gasteiger partial charge in [-0.25, -0.2) is 9.89 Å². The van der Waals surface area contributed by atoms with E-state index in [0.717, 1.165) is 12.1 Å². The fourth-order valence-corrected chi connectivity index (χ4v) is 4.86. The second kappa shape index (κ2) is 11.7. The summed E-state index contributed by atoms with van der Waals surface area (Å²) in [7, 11) is 0. The molecule has 0 saturated carbocycles. The lowest BCUT2D eigenvalue weighted by Crippen LogP contribution is -2.41. The Morgan fingerprint density at radius 1 is 0.950 bits per heavy atom. The molecular formula is C26H28F6N4O4. The Morgan fingerprint density at radius 3 is 2.00 bits per heavy atom. The normalized spacial score (nSPS) is 16.0. The smallest absolute Gasteiger partial charge is 0.393 e. The summed E-state index contributed by atoms with van der Waals surface area (Å²) in [6, 6.07) is 7.45. The van der Waals surface area contributed by atoms with Gasteiger partial charge in [-0.2, -0.15) is 31.4 Å². The molecule has 2 aromatic carbocycles. The van der Waals surface area contributed by atoms with E-state index >= 15 is 0 Å². The van der Waals surface area contributed by atoms with Gasteiger partial charge in [-0.15, -0.1) is 0 Å². The molecule has 0 unspecified atom stereocenters. The number of halogens is 6. The first-order chi connectivity index (χ1) is 18.9. The minimum atomic E-state index is -5.18. The van der Waals surface area contributed by atoms with Crippen molar-refractivity contribution in [2.24, 2.45) is 5.92 Å². The Morgan fingerprint density at radius 2 is 1.52 bits per heavy atom. The van der Waals surface area contributed by atoms with E-state index in [9.17, 15) is 41.4 Å². The Bertz CT molecular complexity index is 1290. The third kappa shape index (κ3) is 6.57. The summed E-state index contributed by atoms with van der Waals surface area (Å²) >= 11 is 0. The van der Waals surface area contributed by atoms with Crippen molar-refractivity contribution in [2.75, 3.05) is 32.9 Å². The lowest BCUT2D eigenvalue weighted by molar-refractivity contribution is -0.145. The van der Waals surface area contributed by atoms with Crippen LogP contribution in [0.1, 0.15) is 35.4 Å². The number of likely N-dealkylation sites (tertiary alicyclic amines) is 1. The zero-order chi connectivity index (χ0) is 29.1. The van der Waals surface area contributed by atoms with Crippen molar-refractivity contribution < 1.29 is 41.3 Å². The topological polar surface area (TPSA) is 114 Å². The first-order valence-corrected chi connectivity index (χ1v) is 12.5. The first-order valence-electron chi connectivity index (χ1n) is 12.5. The van der Waals surface area contributed by atoms with Gasteiger partial charge in [0.15, 0.2) is 0 Å². The summed E-state index contributed by atoms with van der Waals surface area (Å²) in [4.78, 5) is 15.8. The molecular weight excluding hydrogens is 546 g/mol. The Labute approximate surface area is 224 Å². The van der Waals surface area contributed by atoms with E-state index in [1.54, 1.807) is 0 Å². The number of aliphatic hydroxyl groups excluding tert-OH is 2. The highest BCUT2D eigenvalue weighted by molar-refractivity contribution is 5.73. The van der Waals surface area contributed by atoms with E-state index in [4.69, 9.17) is 4.74 Å². The number of H-pyrrole nitrogens is 2. The van der Waals surface area contributed by atoms with Crippen LogP contribution in [0.2, 0.25) is 0 Å². The summed E-state index contributed by atoms with van der Waals surface area (Å²) in [6.07, 6.45) is -9.22. The van der Waals surface area contributed by atoms with Crippen LogP contribution in [0.4, 0.5) is 26.3 Å². The molecule has 0 spiro atoms. The molecule has 8 nitrogen and oxygen atoms in total. The molecule has 3 aromatic rings. The van der Waals surface area contributed by atoms with E-state index in [0.29, 0.717) is 50.4 Å². The van der Waals surface area contributed by atoms with Gasteiger partial charge in [-0.3, -0.25) is 9.88 Å². The average molecular weight is 575 g/mol. The number of ether oxygens (including phenoxy) is 1. The van der Waals surface area contributed by atoms with E-state index < -0.39 is 59.1 Å². The molecule has 1 saturated heterocycles. The van der Waals surface area contributed by atoms with Gasteiger partial charge in [0.2, 0.25) is 0 Å². The fourth-order valence-electron chi connectivity index (χ4n) is 4.86. The Hall–Kier alpha value is -3.20. The maximum atomic E-state index is 14.2. The highest BCUT2D eigenvalue weighted by atomic mass is 19.4. The number of aromatic amines is 2. The van der Waals surface area contributed by atoms with Crippen LogP contribution in [-0.2, 0) is 29.2 Å². The Kier molecular flexibility index (Phi) is 8.73. The lowest BCUT2D eigenvalue weighted by Gasteiger charge is -2.36. The fraction of sp³-hybridized carbons (Fsp3) is 0.462. The number of piperidine rings is 1. The van der Waals surface area contributed by atoms with Crippen LogP contribution in [0, 0.1) is 5.92 Å². The number of rotatable bonds is 9. The molecule has 4 rings (SSSR count).